The van der Waals surface area contributed by atoms with Gasteiger partial charge in [-0.25, -0.2) is 4.89 Å². The van der Waals surface area contributed by atoms with Crippen LogP contribution in [0.15, 0.2) is 0 Å². The molecule has 7 heavy (non-hydrogen) atoms. The molecule has 0 bridgehead atoms. The summed E-state index contributed by atoms with van der Waals surface area (Å²) in [5.74, 6) is 0.880. The first-order valence-corrected chi connectivity index (χ1v) is 3.11. The van der Waals surface area contributed by atoms with E-state index in [1.54, 1.807) is 11.8 Å². The molecule has 42 valence electrons. The monoisotopic (exact) mass is 121 g/mol. The van der Waals surface area contributed by atoms with Crippen molar-refractivity contribution in [3.8, 4) is 0 Å². The molecular formula is C3H7NO2S. The standard InChI is InChI=1S/C3H7NO2S/c5-6-3-1-4-2-7-3/h3-5H,1-2H2. The van der Waals surface area contributed by atoms with E-state index in [1.807, 2.05) is 0 Å². The minimum Gasteiger partial charge on any atom is -0.304 e. The number of rotatable bonds is 1. The normalized spacial score (nSPS) is 31.3. The third-order valence-electron chi connectivity index (χ3n) is 0.800. The van der Waals surface area contributed by atoms with Crippen LogP contribution in [0.5, 0.6) is 0 Å². The van der Waals surface area contributed by atoms with E-state index in [0.717, 1.165) is 12.4 Å². The van der Waals surface area contributed by atoms with Gasteiger partial charge >= 0.3 is 0 Å². The highest BCUT2D eigenvalue weighted by Crippen LogP contribution is 2.13. The molecule has 0 radical (unpaired) electrons. The molecule has 1 heterocycles. The van der Waals surface area contributed by atoms with E-state index >= 15 is 0 Å². The van der Waals surface area contributed by atoms with Crippen LogP contribution in [0.4, 0.5) is 0 Å². The topological polar surface area (TPSA) is 41.5 Å². The quantitative estimate of drug-likeness (QED) is 0.381. The van der Waals surface area contributed by atoms with Gasteiger partial charge in [0.15, 0.2) is 5.44 Å². The lowest BCUT2D eigenvalue weighted by atomic mass is 10.7. The Hall–Kier alpha value is 0.230. The van der Waals surface area contributed by atoms with Crippen LogP contribution in [0.2, 0.25) is 0 Å². The Bertz CT molecular complexity index is 54.9. The maximum atomic E-state index is 8.01. The van der Waals surface area contributed by atoms with Gasteiger partial charge in [-0.2, -0.15) is 0 Å². The van der Waals surface area contributed by atoms with Gasteiger partial charge in [-0.3, -0.25) is 5.26 Å². The molecule has 2 N–H and O–H groups in total. The van der Waals surface area contributed by atoms with Crippen molar-refractivity contribution in [1.82, 2.24) is 5.32 Å². The Morgan fingerprint density at radius 2 is 2.71 bits per heavy atom. The predicted molar refractivity (Wildman–Crippen MR) is 28.0 cm³/mol. The molecule has 1 aliphatic rings. The largest absolute Gasteiger partial charge is 0.304 e. The maximum absolute atomic E-state index is 8.01. The lowest BCUT2D eigenvalue weighted by Crippen LogP contribution is -2.13. The second-order valence-corrected chi connectivity index (χ2v) is 2.45. The Morgan fingerprint density at radius 1 is 1.86 bits per heavy atom. The van der Waals surface area contributed by atoms with Gasteiger partial charge in [0.25, 0.3) is 0 Å². The fourth-order valence-corrected chi connectivity index (χ4v) is 1.17. The second-order valence-electron chi connectivity index (χ2n) is 1.30. The van der Waals surface area contributed by atoms with Gasteiger partial charge in [-0.05, 0) is 0 Å². The van der Waals surface area contributed by atoms with Crippen molar-refractivity contribution in [2.24, 2.45) is 0 Å². The highest BCUT2D eigenvalue weighted by atomic mass is 32.2. The highest BCUT2D eigenvalue weighted by Gasteiger charge is 2.13. The van der Waals surface area contributed by atoms with Gasteiger partial charge in [-0.1, -0.05) is 0 Å². The van der Waals surface area contributed by atoms with Gasteiger partial charge in [0.2, 0.25) is 0 Å². The first-order valence-electron chi connectivity index (χ1n) is 2.06. The average Bonchev–Trinajstić information content (AvgIpc) is 2.14. The lowest BCUT2D eigenvalue weighted by Gasteiger charge is -1.97. The molecule has 3 nitrogen and oxygen atoms in total. The summed E-state index contributed by atoms with van der Waals surface area (Å²) >= 11 is 1.56. The van der Waals surface area contributed by atoms with Gasteiger partial charge in [0, 0.05) is 12.4 Å². The van der Waals surface area contributed by atoms with Crippen molar-refractivity contribution >= 4 is 11.8 Å². The summed E-state index contributed by atoms with van der Waals surface area (Å²) in [5, 5.41) is 11.0. The van der Waals surface area contributed by atoms with E-state index < -0.39 is 0 Å². The second kappa shape index (κ2) is 2.52. The van der Waals surface area contributed by atoms with E-state index in [0.29, 0.717) is 0 Å². The highest BCUT2D eigenvalue weighted by molar-refractivity contribution is 7.99. The number of hydrogen-bond donors (Lipinski definition) is 2. The maximum Gasteiger partial charge on any atom is 0.152 e. The van der Waals surface area contributed by atoms with Crippen LogP contribution in [0.25, 0.3) is 0 Å². The summed E-state index contributed by atoms with van der Waals surface area (Å²) in [6, 6.07) is 0. The zero-order chi connectivity index (χ0) is 5.11. The minimum atomic E-state index is -0.0417. The first kappa shape index (κ1) is 5.37. The van der Waals surface area contributed by atoms with Crippen LogP contribution in [-0.2, 0) is 4.89 Å². The Labute approximate surface area is 46.0 Å². The summed E-state index contributed by atoms with van der Waals surface area (Å²) < 4.78 is 0. The summed E-state index contributed by atoms with van der Waals surface area (Å²) in [6.07, 6.45) is 0. The molecule has 0 spiro atoms. The average molecular weight is 121 g/mol. The van der Waals surface area contributed by atoms with E-state index in [1.165, 1.54) is 0 Å². The van der Waals surface area contributed by atoms with E-state index in [9.17, 15) is 0 Å². The fraction of sp³-hybridized carbons (Fsp3) is 1.00. The van der Waals surface area contributed by atoms with Crippen molar-refractivity contribution < 1.29 is 10.1 Å². The van der Waals surface area contributed by atoms with E-state index in [-0.39, 0.29) is 5.44 Å². The SMILES string of the molecule is OOC1CNCS1. The molecule has 0 aromatic rings. The molecule has 1 saturated heterocycles. The predicted octanol–water partition coefficient (Wildman–Crippen LogP) is 0.0960. The van der Waals surface area contributed by atoms with Crippen molar-refractivity contribution in [1.29, 1.82) is 0 Å². The van der Waals surface area contributed by atoms with Crippen molar-refractivity contribution in [3.63, 3.8) is 0 Å². The molecule has 4 heteroatoms. The van der Waals surface area contributed by atoms with Crippen LogP contribution < -0.4 is 5.32 Å². The van der Waals surface area contributed by atoms with Crippen LogP contribution >= 0.6 is 11.8 Å². The van der Waals surface area contributed by atoms with Crippen molar-refractivity contribution in [2.75, 3.05) is 12.4 Å². The molecule has 0 aromatic carbocycles. The van der Waals surface area contributed by atoms with Crippen LogP contribution in [0, 0.1) is 0 Å². The smallest absolute Gasteiger partial charge is 0.152 e. The summed E-state index contributed by atoms with van der Waals surface area (Å²) in [4.78, 5) is 4.01. The Balaban J connectivity index is 2.14. The first-order chi connectivity index (χ1) is 3.43. The zero-order valence-corrected chi connectivity index (χ0v) is 4.57. The summed E-state index contributed by atoms with van der Waals surface area (Å²) in [7, 11) is 0. The third kappa shape index (κ3) is 1.31. The third-order valence-corrected chi connectivity index (χ3v) is 1.80. The van der Waals surface area contributed by atoms with Crippen LogP contribution in [-0.4, -0.2) is 23.1 Å². The molecule has 0 amide bonds. The molecule has 0 saturated carbocycles. The number of nitrogens with one attached hydrogen (secondary N) is 1. The molecule has 1 unspecified atom stereocenters. The zero-order valence-electron chi connectivity index (χ0n) is 3.76. The molecule has 1 aliphatic heterocycles. The van der Waals surface area contributed by atoms with Crippen molar-refractivity contribution in [3.05, 3.63) is 0 Å². The molecule has 1 fully saturated rings. The lowest BCUT2D eigenvalue weighted by molar-refractivity contribution is -0.250. The summed E-state index contributed by atoms with van der Waals surface area (Å²) in [5.41, 5.74) is -0.0417. The van der Waals surface area contributed by atoms with Gasteiger partial charge in [0.1, 0.15) is 0 Å². The minimum absolute atomic E-state index is 0.0417. The molecule has 1 atom stereocenters. The number of hydrogen-bond acceptors (Lipinski definition) is 4. The number of thioether (sulfide) groups is 1. The summed E-state index contributed by atoms with van der Waals surface area (Å²) in [6.45, 7) is 0.751. The van der Waals surface area contributed by atoms with Crippen LogP contribution in [0.3, 0.4) is 0 Å². The Kier molecular flexibility index (Phi) is 1.93. The molecule has 1 rings (SSSR count). The van der Waals surface area contributed by atoms with Gasteiger partial charge in [0.05, 0.1) is 0 Å². The van der Waals surface area contributed by atoms with E-state index in [4.69, 9.17) is 5.26 Å². The molecular weight excluding hydrogens is 114 g/mol. The van der Waals surface area contributed by atoms with Gasteiger partial charge in [-0.15, -0.1) is 11.8 Å². The van der Waals surface area contributed by atoms with Crippen LogP contribution in [0.1, 0.15) is 0 Å². The van der Waals surface area contributed by atoms with Crippen molar-refractivity contribution in [2.45, 2.75) is 5.44 Å². The van der Waals surface area contributed by atoms with E-state index in [2.05, 4.69) is 10.2 Å². The molecule has 0 aromatic heterocycles. The Morgan fingerprint density at radius 3 is 3.00 bits per heavy atom. The fourth-order valence-electron chi connectivity index (χ4n) is 0.455. The van der Waals surface area contributed by atoms with Gasteiger partial charge < -0.3 is 5.32 Å². The molecule has 0 aliphatic carbocycles.